The van der Waals surface area contributed by atoms with Crippen LogP contribution in [0.4, 0.5) is 0 Å². The molecule has 0 fully saturated rings. The highest BCUT2D eigenvalue weighted by atomic mass is 32.2. The number of aliphatic carboxylic acids is 1. The summed E-state index contributed by atoms with van der Waals surface area (Å²) in [6.45, 7) is 5.04. The lowest BCUT2D eigenvalue weighted by atomic mass is 10.0. The Morgan fingerprint density at radius 3 is 1.83 bits per heavy atom. The Hall–Kier alpha value is -0.710. The van der Waals surface area contributed by atoms with E-state index in [1.807, 2.05) is 0 Å². The number of rotatable bonds is 17. The summed E-state index contributed by atoms with van der Waals surface area (Å²) in [6, 6.07) is 0. The number of carboxylic acid groups (broad SMARTS) is 1. The van der Waals surface area contributed by atoms with Crippen molar-refractivity contribution in [3.8, 4) is 0 Å². The molecule has 0 unspecified atom stereocenters. The van der Waals surface area contributed by atoms with E-state index in [0.29, 0.717) is 6.61 Å². The van der Waals surface area contributed by atoms with Crippen LogP contribution >= 0.6 is 11.8 Å². The molecule has 0 radical (unpaired) electrons. The molecule has 5 heteroatoms. The van der Waals surface area contributed by atoms with Crippen molar-refractivity contribution in [1.82, 2.24) is 0 Å². The number of hydrogen-bond acceptors (Lipinski definition) is 4. The van der Waals surface area contributed by atoms with Gasteiger partial charge >= 0.3 is 11.9 Å². The quantitative estimate of drug-likeness (QED) is 0.282. The summed E-state index contributed by atoms with van der Waals surface area (Å²) >= 11 is 1.08. The number of carboxylic acids is 1. The number of carbonyl (C=O) groups is 2. The second-order valence-corrected chi connectivity index (χ2v) is 7.81. The Labute approximate surface area is 152 Å². The molecule has 0 aliphatic rings. The van der Waals surface area contributed by atoms with Crippen molar-refractivity contribution < 1.29 is 19.4 Å². The van der Waals surface area contributed by atoms with Crippen LogP contribution in [0.1, 0.15) is 84.5 Å². The molecule has 0 aliphatic heterocycles. The fourth-order valence-electron chi connectivity index (χ4n) is 2.52. The molecule has 4 nitrogen and oxygen atoms in total. The molecule has 0 saturated carbocycles. The van der Waals surface area contributed by atoms with Gasteiger partial charge in [-0.2, -0.15) is 0 Å². The van der Waals surface area contributed by atoms with Crippen molar-refractivity contribution in [2.75, 3.05) is 18.1 Å². The predicted octanol–water partition coefficient (Wildman–Crippen LogP) is 5.29. The van der Waals surface area contributed by atoms with Gasteiger partial charge < -0.3 is 9.84 Å². The highest BCUT2D eigenvalue weighted by Gasteiger charge is 2.05. The van der Waals surface area contributed by atoms with Crippen molar-refractivity contribution in [2.24, 2.45) is 5.92 Å². The van der Waals surface area contributed by atoms with Crippen LogP contribution in [0, 0.1) is 5.92 Å². The Balaban J connectivity index is 3.14. The molecule has 0 amide bonds. The largest absolute Gasteiger partial charge is 0.481 e. The molecule has 0 spiro atoms. The summed E-state index contributed by atoms with van der Waals surface area (Å²) in [5.74, 6) is -0.286. The van der Waals surface area contributed by atoms with E-state index in [0.717, 1.165) is 30.5 Å². The highest BCUT2D eigenvalue weighted by molar-refractivity contribution is 8.00. The smallest absolute Gasteiger partial charge is 0.315 e. The lowest BCUT2D eigenvalue weighted by molar-refractivity contribution is -0.140. The zero-order chi connectivity index (χ0) is 18.0. The van der Waals surface area contributed by atoms with Gasteiger partial charge in [-0.05, 0) is 12.3 Å². The average molecular weight is 361 g/mol. The van der Waals surface area contributed by atoms with E-state index >= 15 is 0 Å². The van der Waals surface area contributed by atoms with Gasteiger partial charge in [0.05, 0.1) is 18.1 Å². The number of esters is 1. The summed E-state index contributed by atoms with van der Waals surface area (Å²) in [7, 11) is 0. The number of hydrogen-bond donors (Lipinski definition) is 1. The molecule has 0 aromatic carbocycles. The van der Waals surface area contributed by atoms with Crippen molar-refractivity contribution >= 4 is 23.7 Å². The van der Waals surface area contributed by atoms with Crippen LogP contribution < -0.4 is 0 Å². The SMILES string of the molecule is CC(C)CCCCCCCCCCCCOC(=O)CSCC(=O)O. The first-order valence-corrected chi connectivity index (χ1v) is 10.6. The van der Waals surface area contributed by atoms with Crippen LogP contribution in [0.25, 0.3) is 0 Å². The third-order valence-electron chi connectivity index (χ3n) is 3.88. The van der Waals surface area contributed by atoms with Crippen LogP contribution in [-0.4, -0.2) is 35.2 Å². The average Bonchev–Trinajstić information content (AvgIpc) is 2.51. The normalized spacial score (nSPS) is 11.0. The molecule has 0 bridgehead atoms. The first-order chi connectivity index (χ1) is 11.5. The van der Waals surface area contributed by atoms with Crippen molar-refractivity contribution in [3.63, 3.8) is 0 Å². The minimum atomic E-state index is -0.900. The van der Waals surface area contributed by atoms with Crippen LogP contribution in [0.15, 0.2) is 0 Å². The van der Waals surface area contributed by atoms with Gasteiger partial charge in [0.15, 0.2) is 0 Å². The Morgan fingerprint density at radius 1 is 0.833 bits per heavy atom. The minimum Gasteiger partial charge on any atom is -0.481 e. The van der Waals surface area contributed by atoms with Gasteiger partial charge in [0.2, 0.25) is 0 Å². The number of thioether (sulfide) groups is 1. The molecule has 0 atom stereocenters. The monoisotopic (exact) mass is 360 g/mol. The van der Waals surface area contributed by atoms with Gasteiger partial charge in [-0.3, -0.25) is 9.59 Å². The lowest BCUT2D eigenvalue weighted by Gasteiger charge is -2.05. The predicted molar refractivity (Wildman–Crippen MR) is 102 cm³/mol. The summed E-state index contributed by atoms with van der Waals surface area (Å²) < 4.78 is 5.07. The summed E-state index contributed by atoms with van der Waals surface area (Å²) in [4.78, 5) is 21.6. The van der Waals surface area contributed by atoms with Crippen molar-refractivity contribution in [3.05, 3.63) is 0 Å². The number of ether oxygens (including phenoxy) is 1. The van der Waals surface area contributed by atoms with Gasteiger partial charge in [-0.1, -0.05) is 78.1 Å². The van der Waals surface area contributed by atoms with E-state index in [2.05, 4.69) is 13.8 Å². The molecule has 24 heavy (non-hydrogen) atoms. The topological polar surface area (TPSA) is 63.6 Å². The van der Waals surface area contributed by atoms with Gasteiger partial charge in [0.1, 0.15) is 0 Å². The van der Waals surface area contributed by atoms with E-state index in [1.54, 1.807) is 0 Å². The Bertz CT molecular complexity index is 318. The third-order valence-corrected chi connectivity index (χ3v) is 4.78. The molecule has 0 aliphatic carbocycles. The Morgan fingerprint density at radius 2 is 1.33 bits per heavy atom. The standard InChI is InChI=1S/C19H36O4S/c1-17(2)13-11-9-7-5-3-4-6-8-10-12-14-23-19(22)16-24-15-18(20)21/h17H,3-16H2,1-2H3,(H,20,21). The molecule has 0 aromatic heterocycles. The number of carbonyl (C=O) groups excluding carboxylic acids is 1. The second-order valence-electron chi connectivity index (χ2n) is 6.83. The van der Waals surface area contributed by atoms with Crippen LogP contribution in [-0.2, 0) is 14.3 Å². The van der Waals surface area contributed by atoms with E-state index in [-0.39, 0.29) is 17.5 Å². The van der Waals surface area contributed by atoms with Crippen molar-refractivity contribution in [2.45, 2.75) is 84.5 Å². The Kier molecular flexibility index (Phi) is 16.6. The molecule has 142 valence electrons. The van der Waals surface area contributed by atoms with Gasteiger partial charge in [0, 0.05) is 0 Å². The maximum absolute atomic E-state index is 11.3. The highest BCUT2D eigenvalue weighted by Crippen LogP contribution is 2.13. The minimum absolute atomic E-state index is 0.0488. The second kappa shape index (κ2) is 17.1. The van der Waals surface area contributed by atoms with E-state index in [1.165, 1.54) is 57.8 Å². The van der Waals surface area contributed by atoms with Crippen molar-refractivity contribution in [1.29, 1.82) is 0 Å². The van der Waals surface area contributed by atoms with Crippen LogP contribution in [0.2, 0.25) is 0 Å². The lowest BCUT2D eigenvalue weighted by Crippen LogP contribution is -2.10. The fraction of sp³-hybridized carbons (Fsp3) is 0.895. The maximum atomic E-state index is 11.3. The van der Waals surface area contributed by atoms with E-state index in [9.17, 15) is 9.59 Å². The molecule has 0 rings (SSSR count). The first kappa shape index (κ1) is 23.3. The zero-order valence-electron chi connectivity index (χ0n) is 15.6. The van der Waals surface area contributed by atoms with E-state index in [4.69, 9.17) is 9.84 Å². The van der Waals surface area contributed by atoms with Crippen LogP contribution in [0.5, 0.6) is 0 Å². The molecule has 1 N–H and O–H groups in total. The molecular weight excluding hydrogens is 324 g/mol. The third kappa shape index (κ3) is 19.3. The van der Waals surface area contributed by atoms with Crippen LogP contribution in [0.3, 0.4) is 0 Å². The molecule has 0 saturated heterocycles. The summed E-state index contributed by atoms with van der Waals surface area (Å²) in [6.07, 6.45) is 14.0. The number of unbranched alkanes of at least 4 members (excludes halogenated alkanes) is 9. The summed E-state index contributed by atoms with van der Waals surface area (Å²) in [5, 5.41) is 8.46. The summed E-state index contributed by atoms with van der Waals surface area (Å²) in [5.41, 5.74) is 0. The fourth-order valence-corrected chi connectivity index (χ4v) is 3.04. The van der Waals surface area contributed by atoms with Gasteiger partial charge in [-0.15, -0.1) is 11.8 Å². The van der Waals surface area contributed by atoms with Gasteiger partial charge in [0.25, 0.3) is 0 Å². The maximum Gasteiger partial charge on any atom is 0.315 e. The molecular formula is C19H36O4S. The molecule has 0 aromatic rings. The van der Waals surface area contributed by atoms with Gasteiger partial charge in [-0.25, -0.2) is 0 Å². The molecule has 0 heterocycles. The first-order valence-electron chi connectivity index (χ1n) is 9.47. The van der Waals surface area contributed by atoms with E-state index < -0.39 is 5.97 Å². The zero-order valence-corrected chi connectivity index (χ0v) is 16.4.